The van der Waals surface area contributed by atoms with Gasteiger partial charge in [0.15, 0.2) is 0 Å². The minimum atomic E-state index is -3.80. The molecule has 3 N–H and O–H groups in total. The van der Waals surface area contributed by atoms with Gasteiger partial charge in [-0.15, -0.1) is 0 Å². The number of hydrogen-bond donors (Lipinski definition) is 3. The third-order valence-corrected chi connectivity index (χ3v) is 7.29. The number of aliphatic hydroxyl groups excluding tert-OH is 1. The van der Waals surface area contributed by atoms with E-state index >= 15 is 0 Å². The summed E-state index contributed by atoms with van der Waals surface area (Å²) in [6.07, 6.45) is 2.82. The summed E-state index contributed by atoms with van der Waals surface area (Å²) in [6, 6.07) is 20.6. The lowest BCUT2D eigenvalue weighted by atomic mass is 10.0. The van der Waals surface area contributed by atoms with Crippen LogP contribution in [0.15, 0.2) is 90.1 Å². The highest BCUT2D eigenvalue weighted by Crippen LogP contribution is 2.30. The van der Waals surface area contributed by atoms with Crippen LogP contribution in [0.2, 0.25) is 0 Å². The molecule has 36 heavy (non-hydrogen) atoms. The Kier molecular flexibility index (Phi) is 8.01. The molecule has 0 saturated heterocycles. The molecule has 1 atom stereocenters. The Labute approximate surface area is 209 Å². The molecule has 0 aliphatic rings. The number of sulfonamides is 1. The molecule has 0 spiro atoms. The van der Waals surface area contributed by atoms with Crippen LogP contribution in [0.5, 0.6) is 0 Å². The zero-order valence-corrected chi connectivity index (χ0v) is 20.2. The quantitative estimate of drug-likeness (QED) is 0.160. The van der Waals surface area contributed by atoms with Crippen LogP contribution in [-0.2, 0) is 10.0 Å². The van der Waals surface area contributed by atoms with Crippen molar-refractivity contribution >= 4 is 26.5 Å². The van der Waals surface area contributed by atoms with Crippen molar-refractivity contribution in [2.75, 3.05) is 19.6 Å². The molecule has 0 unspecified atom stereocenters. The molecule has 0 amide bonds. The first-order chi connectivity index (χ1) is 17.3. The van der Waals surface area contributed by atoms with E-state index in [9.17, 15) is 23.6 Å². The normalized spacial score (nSPS) is 12.5. The molecule has 10 heteroatoms. The Morgan fingerprint density at radius 3 is 2.42 bits per heavy atom. The smallest absolute Gasteiger partial charge is 0.269 e. The number of hydrogen-bond acceptors (Lipinski definition) is 7. The molecule has 4 aromatic rings. The van der Waals surface area contributed by atoms with Gasteiger partial charge in [-0.1, -0.05) is 30.3 Å². The Morgan fingerprint density at radius 1 is 0.944 bits per heavy atom. The lowest BCUT2D eigenvalue weighted by Gasteiger charge is -2.13. The van der Waals surface area contributed by atoms with E-state index in [0.29, 0.717) is 30.5 Å². The lowest BCUT2D eigenvalue weighted by molar-refractivity contribution is -0.384. The van der Waals surface area contributed by atoms with Gasteiger partial charge in [0.25, 0.3) is 5.69 Å². The maximum atomic E-state index is 13.2. The molecule has 0 radical (unpaired) electrons. The highest BCUT2D eigenvalue weighted by molar-refractivity contribution is 7.89. The maximum Gasteiger partial charge on any atom is 0.269 e. The third kappa shape index (κ3) is 6.10. The lowest BCUT2D eigenvalue weighted by Crippen LogP contribution is -2.32. The fourth-order valence-corrected chi connectivity index (χ4v) is 5.18. The van der Waals surface area contributed by atoms with E-state index in [1.54, 1.807) is 24.5 Å². The number of fused-ring (bicyclic) bond motifs is 1. The Hall–Kier alpha value is -3.70. The van der Waals surface area contributed by atoms with Crippen molar-refractivity contribution in [3.63, 3.8) is 0 Å². The summed E-state index contributed by atoms with van der Waals surface area (Å²) >= 11 is 0. The van der Waals surface area contributed by atoms with Crippen molar-refractivity contribution in [1.82, 2.24) is 15.0 Å². The van der Waals surface area contributed by atoms with E-state index in [1.165, 1.54) is 24.3 Å². The highest BCUT2D eigenvalue weighted by Gasteiger charge is 2.19. The summed E-state index contributed by atoms with van der Waals surface area (Å²) in [6.45, 7) is 0.972. The van der Waals surface area contributed by atoms with E-state index in [2.05, 4.69) is 15.0 Å². The molecule has 1 aromatic heterocycles. The predicted molar refractivity (Wildman–Crippen MR) is 138 cm³/mol. The summed E-state index contributed by atoms with van der Waals surface area (Å²) in [5, 5.41) is 25.5. The Morgan fingerprint density at radius 2 is 1.69 bits per heavy atom. The molecular formula is C26H26N4O5S. The average molecular weight is 507 g/mol. The van der Waals surface area contributed by atoms with Crippen LogP contribution >= 0.6 is 0 Å². The number of non-ortho nitro benzene ring substituents is 1. The molecule has 0 saturated carbocycles. The highest BCUT2D eigenvalue weighted by atomic mass is 32.2. The predicted octanol–water partition coefficient (Wildman–Crippen LogP) is 3.80. The monoisotopic (exact) mass is 506 g/mol. The molecule has 0 aliphatic heterocycles. The van der Waals surface area contributed by atoms with Crippen LogP contribution in [0.3, 0.4) is 0 Å². The van der Waals surface area contributed by atoms with Crippen molar-refractivity contribution in [3.8, 4) is 11.1 Å². The van der Waals surface area contributed by atoms with Crippen molar-refractivity contribution < 1.29 is 18.4 Å². The minimum absolute atomic E-state index is 0.0327. The fourth-order valence-electron chi connectivity index (χ4n) is 3.89. The number of rotatable bonds is 11. The van der Waals surface area contributed by atoms with Crippen molar-refractivity contribution in [1.29, 1.82) is 0 Å². The van der Waals surface area contributed by atoms with Gasteiger partial charge in [-0.25, -0.2) is 13.1 Å². The topological polar surface area (TPSA) is 134 Å². The van der Waals surface area contributed by atoms with Crippen molar-refractivity contribution in [3.05, 3.63) is 101 Å². The van der Waals surface area contributed by atoms with E-state index in [0.717, 1.165) is 16.5 Å². The van der Waals surface area contributed by atoms with Gasteiger partial charge in [0.05, 0.1) is 15.9 Å². The largest absolute Gasteiger partial charge is 0.388 e. The number of nitrogens with one attached hydrogen (secondary N) is 2. The second-order valence-corrected chi connectivity index (χ2v) is 9.97. The molecule has 4 rings (SSSR count). The fraction of sp³-hybridized carbons (Fsp3) is 0.192. The summed E-state index contributed by atoms with van der Waals surface area (Å²) in [5.74, 6) is 0. The van der Waals surface area contributed by atoms with Gasteiger partial charge in [-0.05, 0) is 60.0 Å². The van der Waals surface area contributed by atoms with E-state index in [-0.39, 0.29) is 17.1 Å². The third-order valence-electron chi connectivity index (χ3n) is 5.79. The SMILES string of the molecule is O=[N+]([O-])c1ccc([C@@H](O)CCNCCNS(=O)(=O)c2cc(-c3ccccc3)cc3cnccc23)cc1. The van der Waals surface area contributed by atoms with Crippen LogP contribution in [0, 0.1) is 10.1 Å². The molecule has 186 valence electrons. The van der Waals surface area contributed by atoms with Crippen LogP contribution in [-0.4, -0.2) is 43.1 Å². The summed E-state index contributed by atoms with van der Waals surface area (Å²) in [7, 11) is -3.80. The first-order valence-electron chi connectivity index (χ1n) is 11.4. The molecule has 0 aliphatic carbocycles. The van der Waals surface area contributed by atoms with Gasteiger partial charge >= 0.3 is 0 Å². The summed E-state index contributed by atoms with van der Waals surface area (Å²) < 4.78 is 29.0. The van der Waals surface area contributed by atoms with E-state index < -0.39 is 21.1 Å². The summed E-state index contributed by atoms with van der Waals surface area (Å²) in [5.41, 5.74) is 2.25. The minimum Gasteiger partial charge on any atom is -0.388 e. The zero-order valence-electron chi connectivity index (χ0n) is 19.4. The van der Waals surface area contributed by atoms with Crippen molar-refractivity contribution in [2.24, 2.45) is 0 Å². The number of nitro groups is 1. The average Bonchev–Trinajstić information content (AvgIpc) is 2.90. The van der Waals surface area contributed by atoms with Crippen molar-refractivity contribution in [2.45, 2.75) is 17.4 Å². The van der Waals surface area contributed by atoms with Gasteiger partial charge in [0.1, 0.15) is 0 Å². The number of nitrogens with zero attached hydrogens (tertiary/aromatic N) is 2. The van der Waals surface area contributed by atoms with Crippen LogP contribution in [0.4, 0.5) is 5.69 Å². The second kappa shape index (κ2) is 11.4. The molecule has 0 fully saturated rings. The Bertz CT molecular complexity index is 1440. The van der Waals surface area contributed by atoms with E-state index in [4.69, 9.17) is 0 Å². The van der Waals surface area contributed by atoms with Gasteiger partial charge in [-0.3, -0.25) is 15.1 Å². The molecular weight excluding hydrogens is 480 g/mol. The number of aliphatic hydroxyl groups is 1. The number of aromatic nitrogens is 1. The van der Waals surface area contributed by atoms with Crippen LogP contribution in [0.1, 0.15) is 18.1 Å². The van der Waals surface area contributed by atoms with Gasteiger partial charge in [0.2, 0.25) is 10.0 Å². The second-order valence-electron chi connectivity index (χ2n) is 8.24. The first-order valence-corrected chi connectivity index (χ1v) is 12.9. The molecule has 0 bridgehead atoms. The first kappa shape index (κ1) is 25.4. The number of benzene rings is 3. The molecule has 1 heterocycles. The zero-order chi connectivity index (χ0) is 25.5. The molecule has 3 aromatic carbocycles. The maximum absolute atomic E-state index is 13.2. The number of nitro benzene ring substituents is 1. The van der Waals surface area contributed by atoms with Crippen LogP contribution in [0.25, 0.3) is 21.9 Å². The standard InChI is InChI=1S/C26H26N4O5S/c31-25(20-6-8-23(9-7-20)30(32)33)11-13-27-14-15-29-36(34,35)26-17-21(19-4-2-1-3-5-19)16-22-18-28-12-10-24(22)26/h1-10,12,16-18,25,27,29,31H,11,13-15H2/t25-/m0/s1. The van der Waals surface area contributed by atoms with Crippen LogP contribution < -0.4 is 10.0 Å². The van der Waals surface area contributed by atoms with Gasteiger partial charge in [0, 0.05) is 48.4 Å². The number of pyridine rings is 1. The Balaban J connectivity index is 1.35. The molecule has 9 nitrogen and oxygen atoms in total. The van der Waals surface area contributed by atoms with Gasteiger partial charge in [-0.2, -0.15) is 0 Å². The summed E-state index contributed by atoms with van der Waals surface area (Å²) in [4.78, 5) is 14.6. The van der Waals surface area contributed by atoms with E-state index in [1.807, 2.05) is 36.4 Å². The van der Waals surface area contributed by atoms with Gasteiger partial charge < -0.3 is 10.4 Å².